The van der Waals surface area contributed by atoms with Gasteiger partial charge >= 0.3 is 0 Å². The Morgan fingerprint density at radius 3 is 3.00 bits per heavy atom. The van der Waals surface area contributed by atoms with E-state index in [-0.39, 0.29) is 5.82 Å². The molecule has 0 spiro atoms. The van der Waals surface area contributed by atoms with E-state index in [0.29, 0.717) is 6.04 Å². The van der Waals surface area contributed by atoms with Crippen molar-refractivity contribution in [3.63, 3.8) is 0 Å². The predicted molar refractivity (Wildman–Crippen MR) is 58.8 cm³/mol. The molecule has 0 radical (unpaired) electrons. The Morgan fingerprint density at radius 1 is 1.50 bits per heavy atom. The molecule has 1 aromatic carbocycles. The molecule has 0 aliphatic carbocycles. The van der Waals surface area contributed by atoms with Crippen molar-refractivity contribution < 1.29 is 4.39 Å². The zero-order chi connectivity index (χ0) is 9.97. The molecule has 1 aliphatic heterocycles. The van der Waals surface area contributed by atoms with Crippen LogP contribution >= 0.6 is 15.9 Å². The summed E-state index contributed by atoms with van der Waals surface area (Å²) in [5.74, 6) is -0.104. The summed E-state index contributed by atoms with van der Waals surface area (Å²) in [6.07, 6.45) is 3.18. The average molecular weight is 258 g/mol. The predicted octanol–water partition coefficient (Wildman–Crippen LogP) is 2.88. The van der Waals surface area contributed by atoms with Gasteiger partial charge in [-0.25, -0.2) is 4.39 Å². The van der Waals surface area contributed by atoms with Gasteiger partial charge in [-0.05, 0) is 43.5 Å². The molecule has 0 amide bonds. The lowest BCUT2D eigenvalue weighted by Gasteiger charge is -2.10. The highest BCUT2D eigenvalue weighted by molar-refractivity contribution is 9.10. The molecule has 1 nitrogen and oxygen atoms in total. The Labute approximate surface area is 91.8 Å². The van der Waals surface area contributed by atoms with Gasteiger partial charge in [0.25, 0.3) is 0 Å². The van der Waals surface area contributed by atoms with E-state index in [0.717, 1.165) is 29.4 Å². The molecule has 1 N–H and O–H groups in total. The van der Waals surface area contributed by atoms with Gasteiger partial charge in [0, 0.05) is 10.5 Å². The Kier molecular flexibility index (Phi) is 3.19. The van der Waals surface area contributed by atoms with Crippen molar-refractivity contribution in [1.29, 1.82) is 0 Å². The molecule has 1 fully saturated rings. The van der Waals surface area contributed by atoms with Crippen molar-refractivity contribution in [2.75, 3.05) is 6.54 Å². The number of hydrogen-bond acceptors (Lipinski definition) is 1. The average Bonchev–Trinajstić information content (AvgIpc) is 2.62. The highest BCUT2D eigenvalue weighted by atomic mass is 79.9. The summed E-state index contributed by atoms with van der Waals surface area (Å²) in [6.45, 7) is 1.07. The third-order valence-electron chi connectivity index (χ3n) is 2.64. The number of hydrogen-bond donors (Lipinski definition) is 1. The Bertz CT molecular complexity index is 321. The van der Waals surface area contributed by atoms with E-state index in [2.05, 4.69) is 21.2 Å². The smallest absolute Gasteiger partial charge is 0.127 e. The van der Waals surface area contributed by atoms with E-state index in [1.807, 2.05) is 12.1 Å². The minimum atomic E-state index is -0.104. The summed E-state index contributed by atoms with van der Waals surface area (Å²) in [5.41, 5.74) is 0.813. The first kappa shape index (κ1) is 10.1. The molecule has 1 aliphatic rings. The number of nitrogens with one attached hydrogen (secondary N) is 1. The molecular weight excluding hydrogens is 245 g/mol. The minimum absolute atomic E-state index is 0.104. The van der Waals surface area contributed by atoms with Crippen molar-refractivity contribution in [2.45, 2.75) is 25.3 Å². The lowest BCUT2D eigenvalue weighted by Crippen LogP contribution is -2.24. The first-order chi connectivity index (χ1) is 6.75. The third kappa shape index (κ3) is 2.34. The quantitative estimate of drug-likeness (QED) is 0.860. The lowest BCUT2D eigenvalue weighted by atomic mass is 10.0. The normalized spacial score (nSPS) is 21.4. The van der Waals surface area contributed by atoms with Gasteiger partial charge in [0.1, 0.15) is 5.82 Å². The fourth-order valence-corrected chi connectivity index (χ4v) is 2.22. The Balaban J connectivity index is 2.08. The van der Waals surface area contributed by atoms with Gasteiger partial charge in [-0.1, -0.05) is 22.0 Å². The maximum Gasteiger partial charge on any atom is 0.127 e. The molecule has 0 bridgehead atoms. The molecule has 1 aromatic rings. The molecule has 1 saturated heterocycles. The van der Waals surface area contributed by atoms with Gasteiger partial charge in [-0.15, -0.1) is 0 Å². The third-order valence-corrected chi connectivity index (χ3v) is 3.14. The van der Waals surface area contributed by atoms with Crippen molar-refractivity contribution in [2.24, 2.45) is 0 Å². The molecule has 2 rings (SSSR count). The van der Waals surface area contributed by atoms with Crippen LogP contribution in [0.1, 0.15) is 18.4 Å². The van der Waals surface area contributed by atoms with Crippen molar-refractivity contribution in [3.05, 3.63) is 34.1 Å². The molecule has 1 atom stereocenters. The minimum Gasteiger partial charge on any atom is -0.314 e. The van der Waals surface area contributed by atoms with Gasteiger partial charge in [0.2, 0.25) is 0 Å². The topological polar surface area (TPSA) is 12.0 Å². The first-order valence-electron chi connectivity index (χ1n) is 4.93. The molecular formula is C11H13BrFN. The summed E-state index contributed by atoms with van der Waals surface area (Å²) in [5, 5.41) is 3.37. The zero-order valence-corrected chi connectivity index (χ0v) is 9.48. The van der Waals surface area contributed by atoms with E-state index < -0.39 is 0 Å². The van der Waals surface area contributed by atoms with Crippen LogP contribution in [-0.4, -0.2) is 12.6 Å². The molecule has 0 saturated carbocycles. The molecule has 14 heavy (non-hydrogen) atoms. The standard InChI is InChI=1S/C11H13BrFN/c12-9-4-3-8(11(13)7-9)6-10-2-1-5-14-10/h3-4,7,10,14H,1-2,5-6H2/t10-/m1/s1. The van der Waals surface area contributed by atoms with E-state index in [1.165, 1.54) is 12.5 Å². The molecule has 0 aromatic heterocycles. The number of benzene rings is 1. The maximum absolute atomic E-state index is 13.4. The summed E-state index contributed by atoms with van der Waals surface area (Å²) in [6, 6.07) is 5.75. The van der Waals surface area contributed by atoms with Crippen LogP contribution in [0.4, 0.5) is 4.39 Å². The molecule has 76 valence electrons. The van der Waals surface area contributed by atoms with Crippen LogP contribution < -0.4 is 5.32 Å². The second kappa shape index (κ2) is 4.41. The van der Waals surface area contributed by atoms with Crippen LogP contribution in [0.2, 0.25) is 0 Å². The van der Waals surface area contributed by atoms with E-state index in [9.17, 15) is 4.39 Å². The SMILES string of the molecule is Fc1cc(Br)ccc1C[C@H]1CCCN1. The van der Waals surface area contributed by atoms with E-state index in [1.54, 1.807) is 0 Å². The van der Waals surface area contributed by atoms with Gasteiger partial charge in [-0.2, -0.15) is 0 Å². The fourth-order valence-electron chi connectivity index (χ4n) is 1.88. The zero-order valence-electron chi connectivity index (χ0n) is 7.89. The Morgan fingerprint density at radius 2 is 2.36 bits per heavy atom. The van der Waals surface area contributed by atoms with Crippen LogP contribution in [0.25, 0.3) is 0 Å². The van der Waals surface area contributed by atoms with Crippen LogP contribution in [0.15, 0.2) is 22.7 Å². The van der Waals surface area contributed by atoms with E-state index >= 15 is 0 Å². The largest absolute Gasteiger partial charge is 0.314 e. The Hall–Kier alpha value is -0.410. The summed E-state index contributed by atoms with van der Waals surface area (Å²) >= 11 is 3.25. The highest BCUT2D eigenvalue weighted by Crippen LogP contribution is 2.18. The summed E-state index contributed by atoms with van der Waals surface area (Å²) in [4.78, 5) is 0. The first-order valence-corrected chi connectivity index (χ1v) is 5.72. The van der Waals surface area contributed by atoms with Crippen LogP contribution in [0.3, 0.4) is 0 Å². The van der Waals surface area contributed by atoms with Crippen molar-refractivity contribution in [1.82, 2.24) is 5.32 Å². The second-order valence-electron chi connectivity index (χ2n) is 3.73. The number of halogens is 2. The number of rotatable bonds is 2. The van der Waals surface area contributed by atoms with E-state index in [4.69, 9.17) is 0 Å². The van der Waals surface area contributed by atoms with Gasteiger partial charge in [-0.3, -0.25) is 0 Å². The van der Waals surface area contributed by atoms with Gasteiger partial charge < -0.3 is 5.32 Å². The van der Waals surface area contributed by atoms with Crippen LogP contribution in [0, 0.1) is 5.82 Å². The molecule has 1 heterocycles. The molecule has 0 unspecified atom stereocenters. The van der Waals surface area contributed by atoms with Crippen molar-refractivity contribution in [3.8, 4) is 0 Å². The second-order valence-corrected chi connectivity index (χ2v) is 4.65. The summed E-state index contributed by atoms with van der Waals surface area (Å²) < 4.78 is 14.2. The van der Waals surface area contributed by atoms with Gasteiger partial charge in [0.15, 0.2) is 0 Å². The maximum atomic E-state index is 13.4. The van der Waals surface area contributed by atoms with Crippen LogP contribution in [-0.2, 0) is 6.42 Å². The summed E-state index contributed by atoms with van der Waals surface area (Å²) in [7, 11) is 0. The highest BCUT2D eigenvalue weighted by Gasteiger charge is 2.16. The monoisotopic (exact) mass is 257 g/mol. The fraction of sp³-hybridized carbons (Fsp3) is 0.455. The van der Waals surface area contributed by atoms with Crippen LogP contribution in [0.5, 0.6) is 0 Å². The van der Waals surface area contributed by atoms with Crippen molar-refractivity contribution >= 4 is 15.9 Å². The lowest BCUT2D eigenvalue weighted by molar-refractivity contribution is 0.560. The molecule has 3 heteroatoms. The van der Waals surface area contributed by atoms with Gasteiger partial charge in [0.05, 0.1) is 0 Å².